The minimum absolute atomic E-state index is 0.108. The first-order valence-electron chi connectivity index (χ1n) is 9.02. The second-order valence-corrected chi connectivity index (χ2v) is 9.01. The van der Waals surface area contributed by atoms with Gasteiger partial charge in [-0.25, -0.2) is 0 Å². The summed E-state index contributed by atoms with van der Waals surface area (Å²) < 4.78 is 34.0. The molecule has 1 amide bonds. The van der Waals surface area contributed by atoms with E-state index < -0.39 is 10.2 Å². The summed E-state index contributed by atoms with van der Waals surface area (Å²) in [6, 6.07) is 3.57. The lowest BCUT2D eigenvalue weighted by atomic mass is 9.99. The third-order valence-corrected chi connectivity index (χ3v) is 7.17. The number of nitrogens with one attached hydrogen (secondary N) is 1. The first kappa shape index (κ1) is 18.4. The van der Waals surface area contributed by atoms with Gasteiger partial charge in [0.05, 0.1) is 18.7 Å². The minimum atomic E-state index is -3.46. The Labute approximate surface area is 149 Å². The van der Waals surface area contributed by atoms with Gasteiger partial charge in [-0.2, -0.15) is 17.0 Å². The number of amides is 1. The van der Waals surface area contributed by atoms with Gasteiger partial charge in [0, 0.05) is 26.2 Å². The van der Waals surface area contributed by atoms with Gasteiger partial charge >= 0.3 is 0 Å². The van der Waals surface area contributed by atoms with E-state index in [9.17, 15) is 13.2 Å². The van der Waals surface area contributed by atoms with E-state index in [4.69, 9.17) is 4.42 Å². The Bertz CT molecular complexity index is 666. The van der Waals surface area contributed by atoms with Crippen LogP contribution in [0.1, 0.15) is 38.4 Å². The highest BCUT2D eigenvalue weighted by atomic mass is 32.2. The van der Waals surface area contributed by atoms with Gasteiger partial charge in [0.1, 0.15) is 5.76 Å². The van der Waals surface area contributed by atoms with Crippen molar-refractivity contribution in [3.63, 3.8) is 0 Å². The smallest absolute Gasteiger partial charge is 0.281 e. The molecule has 2 aliphatic heterocycles. The lowest BCUT2D eigenvalue weighted by molar-refractivity contribution is -0.126. The summed E-state index contributed by atoms with van der Waals surface area (Å²) in [5.41, 5.74) is 0. The van der Waals surface area contributed by atoms with E-state index in [-0.39, 0.29) is 18.4 Å². The number of piperidine rings is 2. The molecule has 140 valence electrons. The molecule has 3 rings (SSSR count). The number of rotatable bonds is 5. The van der Waals surface area contributed by atoms with Crippen molar-refractivity contribution in [3.8, 4) is 0 Å². The average Bonchev–Trinajstić information content (AvgIpc) is 3.14. The fraction of sp³-hybridized carbons (Fsp3) is 0.706. The molecule has 0 spiro atoms. The van der Waals surface area contributed by atoms with Crippen LogP contribution in [0.15, 0.2) is 22.8 Å². The molecule has 8 heteroatoms. The van der Waals surface area contributed by atoms with Crippen LogP contribution in [0.25, 0.3) is 0 Å². The Hall–Kier alpha value is -1.38. The van der Waals surface area contributed by atoms with Gasteiger partial charge in [-0.15, -0.1) is 0 Å². The molecule has 25 heavy (non-hydrogen) atoms. The fourth-order valence-electron chi connectivity index (χ4n) is 3.48. The van der Waals surface area contributed by atoms with Crippen molar-refractivity contribution in [3.05, 3.63) is 24.2 Å². The first-order valence-corrected chi connectivity index (χ1v) is 10.4. The SMILES string of the molecule is CC1CCN(S(=O)(=O)N2CCCC(C(=O)NCc3ccco3)C2)CC1. The fourth-order valence-corrected chi connectivity index (χ4v) is 5.20. The van der Waals surface area contributed by atoms with Gasteiger partial charge < -0.3 is 9.73 Å². The van der Waals surface area contributed by atoms with Gasteiger partial charge in [0.2, 0.25) is 5.91 Å². The average molecular weight is 369 g/mol. The molecule has 0 aliphatic carbocycles. The molecule has 2 aliphatic rings. The highest BCUT2D eigenvalue weighted by Crippen LogP contribution is 2.25. The molecule has 1 aromatic rings. The normalized spacial score (nSPS) is 24.3. The maximum Gasteiger partial charge on any atom is 0.281 e. The number of carbonyl (C=O) groups excluding carboxylic acids is 1. The standard InChI is InChI=1S/C17H27N3O4S/c1-14-6-9-19(10-7-14)25(22,23)20-8-2-4-15(13-20)17(21)18-12-16-5-3-11-24-16/h3,5,11,14-15H,2,4,6-10,12-13H2,1H3,(H,18,21). The van der Waals surface area contributed by atoms with Crippen molar-refractivity contribution in [1.29, 1.82) is 0 Å². The lowest BCUT2D eigenvalue weighted by Crippen LogP contribution is -2.52. The summed E-state index contributed by atoms with van der Waals surface area (Å²) in [6.07, 6.45) is 4.80. The molecular weight excluding hydrogens is 342 g/mol. The predicted octanol–water partition coefficient (Wildman–Crippen LogP) is 1.58. The summed E-state index contributed by atoms with van der Waals surface area (Å²) in [4.78, 5) is 12.4. The molecule has 7 nitrogen and oxygen atoms in total. The van der Waals surface area contributed by atoms with E-state index in [1.807, 2.05) is 0 Å². The molecular formula is C17H27N3O4S. The van der Waals surface area contributed by atoms with Crippen LogP contribution in [-0.4, -0.2) is 49.1 Å². The number of hydrogen-bond acceptors (Lipinski definition) is 4. The molecule has 0 radical (unpaired) electrons. The second kappa shape index (κ2) is 7.88. The van der Waals surface area contributed by atoms with Crippen molar-refractivity contribution in [2.45, 2.75) is 39.2 Å². The zero-order chi connectivity index (χ0) is 17.9. The molecule has 1 atom stereocenters. The molecule has 0 bridgehead atoms. The van der Waals surface area contributed by atoms with Crippen LogP contribution in [0.5, 0.6) is 0 Å². The van der Waals surface area contributed by atoms with Crippen LogP contribution in [0.3, 0.4) is 0 Å². The van der Waals surface area contributed by atoms with E-state index in [1.165, 1.54) is 4.31 Å². The molecule has 0 saturated carbocycles. The third kappa shape index (κ3) is 4.43. The van der Waals surface area contributed by atoms with Crippen molar-refractivity contribution in [2.75, 3.05) is 26.2 Å². The topological polar surface area (TPSA) is 82.9 Å². The second-order valence-electron chi connectivity index (χ2n) is 7.08. The maximum atomic E-state index is 12.9. The monoisotopic (exact) mass is 369 g/mol. The van der Waals surface area contributed by atoms with Crippen molar-refractivity contribution >= 4 is 16.1 Å². The first-order chi connectivity index (χ1) is 12.0. The zero-order valence-corrected chi connectivity index (χ0v) is 15.5. The molecule has 1 aromatic heterocycles. The third-order valence-electron chi connectivity index (χ3n) is 5.17. The van der Waals surface area contributed by atoms with E-state index in [0.29, 0.717) is 50.7 Å². The van der Waals surface area contributed by atoms with Crippen molar-refractivity contribution in [1.82, 2.24) is 13.9 Å². The Morgan fingerprint density at radius 1 is 1.24 bits per heavy atom. The molecule has 2 fully saturated rings. The highest BCUT2D eigenvalue weighted by Gasteiger charge is 2.36. The Balaban J connectivity index is 1.57. The molecule has 1 unspecified atom stereocenters. The van der Waals surface area contributed by atoms with Crippen LogP contribution in [0.2, 0.25) is 0 Å². The minimum Gasteiger partial charge on any atom is -0.467 e. The highest BCUT2D eigenvalue weighted by molar-refractivity contribution is 7.86. The van der Waals surface area contributed by atoms with Crippen LogP contribution in [0.4, 0.5) is 0 Å². The number of hydrogen-bond donors (Lipinski definition) is 1. The van der Waals surface area contributed by atoms with Gasteiger partial charge in [0.15, 0.2) is 0 Å². The summed E-state index contributed by atoms with van der Waals surface area (Å²) in [6.45, 7) is 4.41. The Morgan fingerprint density at radius 2 is 2.00 bits per heavy atom. The quantitative estimate of drug-likeness (QED) is 0.854. The van der Waals surface area contributed by atoms with Crippen molar-refractivity contribution < 1.29 is 17.6 Å². The summed E-state index contributed by atoms with van der Waals surface area (Å²) >= 11 is 0. The van der Waals surface area contributed by atoms with E-state index in [1.54, 1.807) is 22.7 Å². The number of furan rings is 1. The molecule has 1 N–H and O–H groups in total. The number of carbonyl (C=O) groups is 1. The molecule has 3 heterocycles. The lowest BCUT2D eigenvalue weighted by Gasteiger charge is -2.37. The molecule has 2 saturated heterocycles. The molecule has 0 aromatic carbocycles. The van der Waals surface area contributed by atoms with Gasteiger partial charge in [0.25, 0.3) is 10.2 Å². The largest absolute Gasteiger partial charge is 0.467 e. The van der Waals surface area contributed by atoms with Crippen LogP contribution < -0.4 is 5.32 Å². The van der Waals surface area contributed by atoms with E-state index >= 15 is 0 Å². The van der Waals surface area contributed by atoms with Crippen LogP contribution >= 0.6 is 0 Å². The van der Waals surface area contributed by atoms with Gasteiger partial charge in [-0.05, 0) is 43.7 Å². The van der Waals surface area contributed by atoms with Crippen LogP contribution in [-0.2, 0) is 21.5 Å². The zero-order valence-electron chi connectivity index (χ0n) is 14.7. The van der Waals surface area contributed by atoms with E-state index in [2.05, 4.69) is 12.2 Å². The Morgan fingerprint density at radius 3 is 2.68 bits per heavy atom. The van der Waals surface area contributed by atoms with Crippen LogP contribution in [0, 0.1) is 11.8 Å². The van der Waals surface area contributed by atoms with E-state index in [0.717, 1.165) is 12.8 Å². The summed E-state index contributed by atoms with van der Waals surface area (Å²) in [5.74, 6) is 0.856. The Kier molecular flexibility index (Phi) is 5.81. The number of nitrogens with zero attached hydrogens (tertiary/aromatic N) is 2. The summed E-state index contributed by atoms with van der Waals surface area (Å²) in [5, 5.41) is 2.84. The maximum absolute atomic E-state index is 12.9. The van der Waals surface area contributed by atoms with Crippen molar-refractivity contribution in [2.24, 2.45) is 11.8 Å². The van der Waals surface area contributed by atoms with Gasteiger partial charge in [-0.1, -0.05) is 6.92 Å². The predicted molar refractivity (Wildman–Crippen MR) is 93.7 cm³/mol. The summed E-state index contributed by atoms with van der Waals surface area (Å²) in [7, 11) is -3.46. The van der Waals surface area contributed by atoms with Gasteiger partial charge in [-0.3, -0.25) is 4.79 Å².